The summed E-state index contributed by atoms with van der Waals surface area (Å²) in [5.74, 6) is -0.201. The van der Waals surface area contributed by atoms with Gasteiger partial charge < -0.3 is 0 Å². The van der Waals surface area contributed by atoms with E-state index >= 15 is 0 Å². The molecular formula is C18H14FN. The summed E-state index contributed by atoms with van der Waals surface area (Å²) in [7, 11) is 0. The lowest BCUT2D eigenvalue weighted by atomic mass is 10.0. The van der Waals surface area contributed by atoms with Crippen LogP contribution in [0.15, 0.2) is 48.5 Å². The molecule has 0 amide bonds. The highest BCUT2D eigenvalue weighted by atomic mass is 19.1. The van der Waals surface area contributed by atoms with E-state index in [1.54, 1.807) is 12.1 Å². The smallest absolute Gasteiger partial charge is 0.123 e. The zero-order valence-electron chi connectivity index (χ0n) is 11.1. The predicted molar refractivity (Wildman–Crippen MR) is 79.2 cm³/mol. The lowest BCUT2D eigenvalue weighted by Crippen LogP contribution is -1.93. The standard InChI is InChI=1S/C18H14FN/c19-15-8-9-17-14(11-15)10-13-6-3-5-12-4-1-2-7-16(12)18(13)20-17/h1-2,4,7-11H,3,5-6H2. The Morgan fingerprint density at radius 1 is 0.900 bits per heavy atom. The zero-order valence-corrected chi connectivity index (χ0v) is 11.1. The molecule has 3 aromatic rings. The van der Waals surface area contributed by atoms with Crippen LogP contribution in [0.25, 0.3) is 22.2 Å². The molecule has 2 aromatic carbocycles. The molecule has 0 unspecified atom stereocenters. The highest BCUT2D eigenvalue weighted by Gasteiger charge is 2.16. The summed E-state index contributed by atoms with van der Waals surface area (Å²) in [5.41, 5.74) is 5.75. The number of fused-ring (bicyclic) bond motifs is 4. The van der Waals surface area contributed by atoms with Crippen molar-refractivity contribution in [2.45, 2.75) is 19.3 Å². The van der Waals surface area contributed by atoms with Gasteiger partial charge in [0.2, 0.25) is 0 Å². The van der Waals surface area contributed by atoms with Crippen LogP contribution in [0.5, 0.6) is 0 Å². The first-order valence-corrected chi connectivity index (χ1v) is 6.99. The zero-order chi connectivity index (χ0) is 13.5. The van der Waals surface area contributed by atoms with Gasteiger partial charge in [0.15, 0.2) is 0 Å². The molecule has 0 spiro atoms. The van der Waals surface area contributed by atoms with Gasteiger partial charge in [-0.1, -0.05) is 24.3 Å². The van der Waals surface area contributed by atoms with Crippen molar-refractivity contribution in [3.63, 3.8) is 0 Å². The fraction of sp³-hybridized carbons (Fsp3) is 0.167. The van der Waals surface area contributed by atoms with Gasteiger partial charge in [0.25, 0.3) is 0 Å². The van der Waals surface area contributed by atoms with E-state index in [-0.39, 0.29) is 5.82 Å². The minimum absolute atomic E-state index is 0.201. The van der Waals surface area contributed by atoms with Crippen LogP contribution in [0.3, 0.4) is 0 Å². The highest BCUT2D eigenvalue weighted by molar-refractivity contribution is 5.84. The second kappa shape index (κ2) is 4.41. The second-order valence-corrected chi connectivity index (χ2v) is 5.34. The van der Waals surface area contributed by atoms with Crippen LogP contribution in [-0.2, 0) is 12.8 Å². The molecule has 98 valence electrons. The fourth-order valence-electron chi connectivity index (χ4n) is 3.05. The molecule has 0 radical (unpaired) electrons. The van der Waals surface area contributed by atoms with Crippen molar-refractivity contribution in [3.8, 4) is 11.3 Å². The molecule has 0 atom stereocenters. The molecule has 1 aliphatic rings. The van der Waals surface area contributed by atoms with Crippen LogP contribution < -0.4 is 0 Å². The highest BCUT2D eigenvalue weighted by Crippen LogP contribution is 2.32. The van der Waals surface area contributed by atoms with Crippen LogP contribution in [0.4, 0.5) is 4.39 Å². The number of hydrogen-bond acceptors (Lipinski definition) is 1. The molecule has 0 N–H and O–H groups in total. The molecule has 20 heavy (non-hydrogen) atoms. The minimum atomic E-state index is -0.201. The third-order valence-corrected chi connectivity index (χ3v) is 4.02. The largest absolute Gasteiger partial charge is 0.247 e. The first kappa shape index (κ1) is 11.6. The Kier molecular flexibility index (Phi) is 2.56. The van der Waals surface area contributed by atoms with Crippen LogP contribution in [0, 0.1) is 5.82 Å². The molecule has 4 rings (SSSR count). The van der Waals surface area contributed by atoms with Crippen molar-refractivity contribution in [3.05, 3.63) is 65.5 Å². The lowest BCUT2D eigenvalue weighted by molar-refractivity contribution is 0.629. The number of pyridine rings is 1. The lowest BCUT2D eigenvalue weighted by Gasteiger charge is -2.10. The molecule has 0 aliphatic heterocycles. The second-order valence-electron chi connectivity index (χ2n) is 5.34. The number of nitrogens with zero attached hydrogens (tertiary/aromatic N) is 1. The van der Waals surface area contributed by atoms with Crippen LogP contribution in [0.1, 0.15) is 17.5 Å². The molecule has 1 nitrogen and oxygen atoms in total. The molecule has 2 heteroatoms. The molecule has 1 aliphatic carbocycles. The van der Waals surface area contributed by atoms with Crippen molar-refractivity contribution in [2.24, 2.45) is 0 Å². The molecular weight excluding hydrogens is 249 g/mol. The first-order valence-electron chi connectivity index (χ1n) is 6.99. The average Bonchev–Trinajstić information content (AvgIpc) is 2.64. The number of halogens is 1. The molecule has 0 bridgehead atoms. The third-order valence-electron chi connectivity index (χ3n) is 4.02. The molecule has 0 saturated carbocycles. The molecule has 0 fully saturated rings. The van der Waals surface area contributed by atoms with Gasteiger partial charge >= 0.3 is 0 Å². The molecule has 1 heterocycles. The predicted octanol–water partition coefficient (Wildman–Crippen LogP) is 4.53. The maximum Gasteiger partial charge on any atom is 0.123 e. The van der Waals surface area contributed by atoms with Crippen LogP contribution >= 0.6 is 0 Å². The quantitative estimate of drug-likeness (QED) is 0.580. The summed E-state index contributed by atoms with van der Waals surface area (Å²) in [6.45, 7) is 0. The number of rotatable bonds is 0. The van der Waals surface area contributed by atoms with Gasteiger partial charge in [-0.15, -0.1) is 0 Å². The van der Waals surface area contributed by atoms with E-state index in [1.165, 1.54) is 22.8 Å². The number of aromatic nitrogens is 1. The van der Waals surface area contributed by atoms with E-state index in [0.717, 1.165) is 35.9 Å². The van der Waals surface area contributed by atoms with E-state index in [1.807, 2.05) is 0 Å². The summed E-state index contributed by atoms with van der Waals surface area (Å²) >= 11 is 0. The third kappa shape index (κ3) is 1.80. The Morgan fingerprint density at radius 2 is 1.75 bits per heavy atom. The topological polar surface area (TPSA) is 12.9 Å². The Labute approximate surface area is 117 Å². The SMILES string of the molecule is Fc1ccc2nc3c(cc2c1)CCCc1ccccc1-3. The maximum absolute atomic E-state index is 13.4. The van der Waals surface area contributed by atoms with Gasteiger partial charge in [-0.25, -0.2) is 9.37 Å². The van der Waals surface area contributed by atoms with Gasteiger partial charge in [0.1, 0.15) is 5.82 Å². The number of hydrogen-bond donors (Lipinski definition) is 0. The van der Waals surface area contributed by atoms with E-state index in [0.29, 0.717) is 0 Å². The van der Waals surface area contributed by atoms with Crippen molar-refractivity contribution in [1.29, 1.82) is 0 Å². The molecule has 1 aromatic heterocycles. The average molecular weight is 263 g/mol. The summed E-state index contributed by atoms with van der Waals surface area (Å²) in [5, 5.41) is 0.892. The first-order chi connectivity index (χ1) is 9.81. The summed E-state index contributed by atoms with van der Waals surface area (Å²) < 4.78 is 13.4. The summed E-state index contributed by atoms with van der Waals surface area (Å²) in [6.07, 6.45) is 3.20. The van der Waals surface area contributed by atoms with Gasteiger partial charge in [-0.2, -0.15) is 0 Å². The molecule has 0 saturated heterocycles. The Balaban J connectivity index is 2.03. The normalized spacial score (nSPS) is 13.7. The van der Waals surface area contributed by atoms with Gasteiger partial charge in [0, 0.05) is 10.9 Å². The number of benzene rings is 2. The van der Waals surface area contributed by atoms with Crippen LogP contribution in [-0.4, -0.2) is 4.98 Å². The fourth-order valence-corrected chi connectivity index (χ4v) is 3.05. The van der Waals surface area contributed by atoms with Crippen molar-refractivity contribution < 1.29 is 4.39 Å². The van der Waals surface area contributed by atoms with Gasteiger partial charge in [-0.05, 0) is 54.7 Å². The van der Waals surface area contributed by atoms with E-state index in [2.05, 4.69) is 30.3 Å². The Morgan fingerprint density at radius 3 is 2.70 bits per heavy atom. The summed E-state index contributed by atoms with van der Waals surface area (Å²) in [4.78, 5) is 4.79. The maximum atomic E-state index is 13.4. The Bertz CT molecular complexity index is 808. The number of aryl methyl sites for hydroxylation is 2. The van der Waals surface area contributed by atoms with Gasteiger partial charge in [-0.3, -0.25) is 0 Å². The van der Waals surface area contributed by atoms with E-state index in [9.17, 15) is 4.39 Å². The van der Waals surface area contributed by atoms with Gasteiger partial charge in [0.05, 0.1) is 11.2 Å². The van der Waals surface area contributed by atoms with Crippen molar-refractivity contribution in [1.82, 2.24) is 4.98 Å². The summed E-state index contributed by atoms with van der Waals surface area (Å²) in [6, 6.07) is 15.4. The van der Waals surface area contributed by atoms with Crippen molar-refractivity contribution in [2.75, 3.05) is 0 Å². The van der Waals surface area contributed by atoms with E-state index in [4.69, 9.17) is 4.98 Å². The minimum Gasteiger partial charge on any atom is -0.247 e. The van der Waals surface area contributed by atoms with Crippen LogP contribution in [0.2, 0.25) is 0 Å². The van der Waals surface area contributed by atoms with Crippen molar-refractivity contribution >= 4 is 10.9 Å². The monoisotopic (exact) mass is 263 g/mol. The van der Waals surface area contributed by atoms with E-state index < -0.39 is 0 Å². The Hall–Kier alpha value is -2.22.